The van der Waals surface area contributed by atoms with Gasteiger partial charge in [-0.2, -0.15) is 0 Å². The van der Waals surface area contributed by atoms with E-state index in [1.807, 2.05) is 35.7 Å². The Labute approximate surface area is 349 Å². The molecule has 3 aromatic rings. The van der Waals surface area contributed by atoms with Crippen LogP contribution in [-0.4, -0.2) is 99.7 Å². The van der Waals surface area contributed by atoms with E-state index in [4.69, 9.17) is 19.4 Å². The van der Waals surface area contributed by atoms with Crippen molar-refractivity contribution in [3.63, 3.8) is 0 Å². The lowest BCUT2D eigenvalue weighted by molar-refractivity contribution is -0.145. The molecule has 59 heavy (non-hydrogen) atoms. The first-order chi connectivity index (χ1) is 28.2. The van der Waals surface area contributed by atoms with E-state index in [-0.39, 0.29) is 36.4 Å². The first-order valence-corrected chi connectivity index (χ1v) is 21.9. The summed E-state index contributed by atoms with van der Waals surface area (Å²) in [5.74, 6) is -4.12. The van der Waals surface area contributed by atoms with Gasteiger partial charge in [-0.25, -0.2) is 23.5 Å². The Balaban J connectivity index is 1.20. The first kappa shape index (κ1) is 42.5. The Kier molecular flexibility index (Phi) is 12.7. The number of nitrogens with zero attached hydrogens (tertiary/aromatic N) is 3. The minimum atomic E-state index is -2.87. The smallest absolute Gasteiger partial charge is 0.407 e. The van der Waals surface area contributed by atoms with Crippen molar-refractivity contribution in [2.24, 2.45) is 17.3 Å². The summed E-state index contributed by atoms with van der Waals surface area (Å²) in [6, 6.07) is 7.57. The highest BCUT2D eigenvalue weighted by Gasteiger charge is 2.66. The standard InChI is InChI=1S/C41H51F2N7O7S2/c1-40(2,3)32(47-35(52)30(46-39(55)56-4)22-11-6-5-7-12-22)37(53)50-21-23(57-36-31(29-15-10-18-58-29)44-26-13-8-9-14-27(26)45-36)19-28(50)34(51)48-41(20-25(41)33(42)43)38(54)49-59-24-16-17-24/h8-10,13-15,18,22-25,28,30,32-33H,5-7,11-12,16-17,19-21H2,1-4H3,(H,46,55)(H,47,52)(H,48,51)(H,49,54)/t23-,25+,28+,30+,32-,41-/m1/s1. The molecule has 0 radical (unpaired) electrons. The molecule has 1 saturated heterocycles. The minimum Gasteiger partial charge on any atom is -0.471 e. The van der Waals surface area contributed by atoms with Gasteiger partial charge < -0.3 is 30.3 Å². The number of carbonyl (C=O) groups excluding carboxylic acids is 5. The van der Waals surface area contributed by atoms with Crippen molar-refractivity contribution in [3.8, 4) is 16.5 Å². The molecule has 4 aliphatic rings. The molecule has 318 valence electrons. The second kappa shape index (κ2) is 17.6. The van der Waals surface area contributed by atoms with E-state index in [2.05, 4.69) is 20.7 Å². The number of thiophene rings is 1. The number of hydrogen-bond acceptors (Lipinski definition) is 11. The lowest BCUT2D eigenvalue weighted by Gasteiger charge is -2.37. The molecule has 18 heteroatoms. The summed E-state index contributed by atoms with van der Waals surface area (Å²) < 4.78 is 42.6. The predicted octanol–water partition coefficient (Wildman–Crippen LogP) is 5.61. The Morgan fingerprint density at radius 1 is 0.966 bits per heavy atom. The van der Waals surface area contributed by atoms with E-state index < -0.39 is 77.2 Å². The third kappa shape index (κ3) is 9.58. The molecule has 5 amide bonds. The van der Waals surface area contributed by atoms with Crippen molar-refractivity contribution in [1.82, 2.24) is 35.5 Å². The SMILES string of the molecule is COC(=O)N[C@H](C(=O)N[C@H](C(=O)N1C[C@H](Oc2nc3ccccc3nc2-c2cccs2)C[C@H]1C(=O)N[C@]1(C(=O)NSC2CC2)C[C@H]1C(F)F)C(C)(C)C)C1CCCCC1. The molecule has 0 bridgehead atoms. The quantitative estimate of drug-likeness (QED) is 0.149. The van der Waals surface area contributed by atoms with E-state index >= 15 is 0 Å². The normalized spacial score (nSPS) is 24.3. The fraction of sp³-hybridized carbons (Fsp3) is 0.585. The number of alkyl carbamates (subject to hydrolysis) is 1. The van der Waals surface area contributed by atoms with Crippen LogP contribution in [0.3, 0.4) is 0 Å². The molecule has 4 fully saturated rings. The highest BCUT2D eigenvalue weighted by atomic mass is 32.2. The number of ether oxygens (including phenoxy) is 2. The average molecular weight is 856 g/mol. The number of amides is 5. The maximum Gasteiger partial charge on any atom is 0.407 e. The zero-order valence-corrected chi connectivity index (χ0v) is 35.1. The number of rotatable bonds is 14. The number of nitrogens with one attached hydrogen (secondary N) is 4. The van der Waals surface area contributed by atoms with Gasteiger partial charge in [-0.1, -0.05) is 58.2 Å². The summed E-state index contributed by atoms with van der Waals surface area (Å²) >= 11 is 2.60. The van der Waals surface area contributed by atoms with Crippen molar-refractivity contribution in [2.45, 2.75) is 120 Å². The van der Waals surface area contributed by atoms with Crippen LogP contribution in [-0.2, 0) is 23.9 Å². The van der Waals surface area contributed by atoms with Gasteiger partial charge in [-0.3, -0.25) is 23.9 Å². The van der Waals surface area contributed by atoms with E-state index in [0.29, 0.717) is 29.6 Å². The molecule has 0 unspecified atom stereocenters. The van der Waals surface area contributed by atoms with E-state index in [0.717, 1.165) is 48.9 Å². The topological polar surface area (TPSA) is 181 Å². The summed E-state index contributed by atoms with van der Waals surface area (Å²) in [7, 11) is 1.21. The number of carbonyl (C=O) groups is 5. The lowest BCUT2D eigenvalue weighted by Crippen LogP contribution is -2.62. The van der Waals surface area contributed by atoms with Gasteiger partial charge in [0, 0.05) is 11.7 Å². The molecular weight excluding hydrogens is 805 g/mol. The van der Waals surface area contributed by atoms with Gasteiger partial charge in [0.25, 0.3) is 5.91 Å². The fourth-order valence-electron chi connectivity index (χ4n) is 8.04. The molecule has 4 N–H and O–H groups in total. The van der Waals surface area contributed by atoms with Crippen LogP contribution in [0.5, 0.6) is 5.88 Å². The molecule has 6 atom stereocenters. The van der Waals surface area contributed by atoms with Gasteiger partial charge in [0.15, 0.2) is 0 Å². The fourth-order valence-corrected chi connectivity index (χ4v) is 9.57. The van der Waals surface area contributed by atoms with Gasteiger partial charge in [-0.15, -0.1) is 11.3 Å². The van der Waals surface area contributed by atoms with E-state index in [1.165, 1.54) is 23.3 Å². The Morgan fingerprint density at radius 3 is 2.29 bits per heavy atom. The van der Waals surface area contributed by atoms with Gasteiger partial charge in [0.1, 0.15) is 35.5 Å². The van der Waals surface area contributed by atoms with Gasteiger partial charge in [0.05, 0.1) is 35.5 Å². The number of aromatic nitrogens is 2. The summed E-state index contributed by atoms with van der Waals surface area (Å²) in [4.78, 5) is 81.2. The molecule has 3 heterocycles. The molecular formula is C41H51F2N7O7S2. The van der Waals surface area contributed by atoms with Crippen LogP contribution in [0.25, 0.3) is 21.6 Å². The summed E-state index contributed by atoms with van der Waals surface area (Å²) in [6.07, 6.45) is 1.12. The largest absolute Gasteiger partial charge is 0.471 e. The van der Waals surface area contributed by atoms with Crippen LogP contribution in [0.4, 0.5) is 13.6 Å². The average Bonchev–Trinajstić information content (AvgIpc) is 4.07. The third-order valence-corrected chi connectivity index (χ3v) is 13.6. The molecule has 14 nitrogen and oxygen atoms in total. The van der Waals surface area contributed by atoms with Crippen LogP contribution in [0.2, 0.25) is 0 Å². The second-order valence-electron chi connectivity index (χ2n) is 17.0. The number of methoxy groups -OCH3 is 1. The number of hydrogen-bond donors (Lipinski definition) is 4. The van der Waals surface area contributed by atoms with Crippen LogP contribution in [0, 0.1) is 17.3 Å². The monoisotopic (exact) mass is 855 g/mol. The molecule has 3 aliphatic carbocycles. The Morgan fingerprint density at radius 2 is 1.68 bits per heavy atom. The zero-order valence-electron chi connectivity index (χ0n) is 33.5. The van der Waals surface area contributed by atoms with Crippen molar-refractivity contribution < 1.29 is 42.2 Å². The summed E-state index contributed by atoms with van der Waals surface area (Å²) in [5.41, 5.74) is -1.10. The van der Waals surface area contributed by atoms with E-state index in [1.54, 1.807) is 26.8 Å². The minimum absolute atomic E-state index is 0.0801. The van der Waals surface area contributed by atoms with Crippen molar-refractivity contribution in [1.29, 1.82) is 0 Å². The molecule has 0 spiro atoms. The highest BCUT2D eigenvalue weighted by molar-refractivity contribution is 7.98. The van der Waals surface area contributed by atoms with Gasteiger partial charge >= 0.3 is 6.09 Å². The van der Waals surface area contributed by atoms with Crippen LogP contribution in [0.15, 0.2) is 41.8 Å². The van der Waals surface area contributed by atoms with Crippen molar-refractivity contribution in [2.75, 3.05) is 13.7 Å². The van der Waals surface area contributed by atoms with Crippen LogP contribution >= 0.6 is 23.3 Å². The summed E-state index contributed by atoms with van der Waals surface area (Å²) in [6.45, 7) is 5.17. The van der Waals surface area contributed by atoms with Crippen molar-refractivity contribution >= 4 is 64.0 Å². The summed E-state index contributed by atoms with van der Waals surface area (Å²) in [5, 5.41) is 10.3. The first-order valence-electron chi connectivity index (χ1n) is 20.2. The van der Waals surface area contributed by atoms with Crippen molar-refractivity contribution in [3.05, 3.63) is 41.8 Å². The predicted molar refractivity (Wildman–Crippen MR) is 218 cm³/mol. The number of benzene rings is 1. The molecule has 2 aromatic heterocycles. The highest BCUT2D eigenvalue weighted by Crippen LogP contribution is 2.49. The number of fused-ring (bicyclic) bond motifs is 1. The number of alkyl halides is 2. The number of para-hydroxylation sites is 2. The maximum absolute atomic E-state index is 15.0. The van der Waals surface area contributed by atoms with Crippen LogP contribution in [0.1, 0.15) is 78.6 Å². The maximum atomic E-state index is 15.0. The Hall–Kier alpha value is -4.58. The number of likely N-dealkylation sites (tertiary alicyclic amines) is 1. The van der Waals surface area contributed by atoms with E-state index in [9.17, 15) is 32.8 Å². The molecule has 7 rings (SSSR count). The zero-order chi connectivity index (χ0) is 42.1. The molecule has 1 aromatic carbocycles. The lowest BCUT2D eigenvalue weighted by atomic mass is 9.82. The third-order valence-electron chi connectivity index (χ3n) is 11.6. The molecule has 1 aliphatic heterocycles. The Bertz CT molecular complexity index is 2040. The van der Waals surface area contributed by atoms with Crippen LogP contribution < -0.4 is 25.4 Å². The van der Waals surface area contributed by atoms with Gasteiger partial charge in [0.2, 0.25) is 30.0 Å². The molecule has 3 saturated carbocycles. The van der Waals surface area contributed by atoms with Gasteiger partial charge in [-0.05, 0) is 79.0 Å². The number of halogens is 2. The second-order valence-corrected chi connectivity index (χ2v) is 19.1.